The van der Waals surface area contributed by atoms with Gasteiger partial charge in [0.15, 0.2) is 9.84 Å². The minimum Gasteiger partial charge on any atom is -0.369 e. The number of amides is 1. The molecule has 1 aliphatic rings. The number of nitrogens with zero attached hydrogens (tertiary/aromatic N) is 2. The quantitative estimate of drug-likeness (QED) is 0.312. The average molecular weight is 525 g/mol. The first-order valence-corrected chi connectivity index (χ1v) is 14.4. The zero-order valence-corrected chi connectivity index (χ0v) is 22.3. The van der Waals surface area contributed by atoms with E-state index in [1.165, 1.54) is 6.26 Å². The molecule has 0 saturated carbocycles. The van der Waals surface area contributed by atoms with Crippen LogP contribution >= 0.6 is 0 Å². The monoisotopic (exact) mass is 524 g/mol. The van der Waals surface area contributed by atoms with E-state index >= 15 is 0 Å². The molecule has 1 aliphatic heterocycles. The highest BCUT2D eigenvalue weighted by molar-refractivity contribution is 7.90. The molecule has 2 aromatic heterocycles. The van der Waals surface area contributed by atoms with E-state index in [1.54, 1.807) is 12.1 Å². The maximum absolute atomic E-state index is 13.5. The molecule has 1 fully saturated rings. The lowest BCUT2D eigenvalue weighted by atomic mass is 9.93. The van der Waals surface area contributed by atoms with Crippen molar-refractivity contribution >= 4 is 48.9 Å². The number of carbonyl (C=O) groups is 1. The van der Waals surface area contributed by atoms with Crippen molar-refractivity contribution in [1.82, 2.24) is 9.97 Å². The molecule has 3 heterocycles. The molecule has 2 N–H and O–H groups in total. The minimum atomic E-state index is -3.36. The van der Waals surface area contributed by atoms with E-state index in [0.29, 0.717) is 29.4 Å². The van der Waals surface area contributed by atoms with Gasteiger partial charge in [-0.15, -0.1) is 0 Å². The molecule has 8 heteroatoms. The van der Waals surface area contributed by atoms with Crippen molar-refractivity contribution in [2.24, 2.45) is 0 Å². The smallest absolute Gasteiger partial charge is 0.274 e. The third kappa shape index (κ3) is 4.11. The number of benzene rings is 3. The molecule has 0 spiro atoms. The first-order chi connectivity index (χ1) is 18.2. The highest BCUT2D eigenvalue weighted by Gasteiger charge is 2.34. The molecule has 0 radical (unpaired) electrons. The Hall–Kier alpha value is -4.17. The van der Waals surface area contributed by atoms with Gasteiger partial charge in [0.2, 0.25) is 0 Å². The van der Waals surface area contributed by atoms with Gasteiger partial charge >= 0.3 is 0 Å². The number of aromatic amines is 1. The van der Waals surface area contributed by atoms with Crippen molar-refractivity contribution in [2.45, 2.75) is 24.7 Å². The second kappa shape index (κ2) is 8.99. The van der Waals surface area contributed by atoms with Crippen LogP contribution in [0, 0.1) is 13.8 Å². The molecule has 6 rings (SSSR count). The third-order valence-electron chi connectivity index (χ3n) is 7.35. The minimum absolute atomic E-state index is 0.0335. The average Bonchev–Trinajstić information content (AvgIpc) is 3.24. The van der Waals surface area contributed by atoms with E-state index in [-0.39, 0.29) is 11.8 Å². The van der Waals surface area contributed by atoms with Crippen LogP contribution in [0.2, 0.25) is 0 Å². The van der Waals surface area contributed by atoms with Crippen LogP contribution in [0.4, 0.5) is 11.4 Å². The molecule has 7 nitrogen and oxygen atoms in total. The van der Waals surface area contributed by atoms with Crippen molar-refractivity contribution in [1.29, 1.82) is 0 Å². The predicted molar refractivity (Wildman–Crippen MR) is 152 cm³/mol. The fraction of sp³-hybridized carbons (Fsp3) is 0.200. The normalized spacial score (nSPS) is 14.1. The standard InChI is InChI=1S/C30H28N4O3S/c1-18-9-8-10-19(2)27(18)33-30(35)24-15-22-21-11-4-5-12-23(21)31-29(22)28(32-24)20-16-34(17-20)25-13-6-7-14-26(25)38(3,36)37/h4-15,20,31H,16-17H2,1-3H3,(H,33,35). The Morgan fingerprint density at radius 1 is 0.947 bits per heavy atom. The van der Waals surface area contributed by atoms with Crippen LogP contribution in [-0.4, -0.2) is 43.6 Å². The van der Waals surface area contributed by atoms with Crippen LogP contribution in [0.25, 0.3) is 21.8 Å². The van der Waals surface area contributed by atoms with Gasteiger partial charge in [0.05, 0.1) is 21.8 Å². The second-order valence-electron chi connectivity index (χ2n) is 10.0. The van der Waals surface area contributed by atoms with Crippen LogP contribution in [-0.2, 0) is 9.84 Å². The lowest BCUT2D eigenvalue weighted by molar-refractivity contribution is 0.102. The topological polar surface area (TPSA) is 95.2 Å². The molecule has 0 bridgehead atoms. The van der Waals surface area contributed by atoms with Gasteiger partial charge in [-0.2, -0.15) is 0 Å². The summed E-state index contributed by atoms with van der Waals surface area (Å²) >= 11 is 0. The van der Waals surface area contributed by atoms with Crippen molar-refractivity contribution < 1.29 is 13.2 Å². The number of H-pyrrole nitrogens is 1. The molecular formula is C30H28N4O3S. The fourth-order valence-corrected chi connectivity index (χ4v) is 6.25. The van der Waals surface area contributed by atoms with Gasteiger partial charge in [0.1, 0.15) is 5.69 Å². The number of aryl methyl sites for hydroxylation is 2. The van der Waals surface area contributed by atoms with Crippen molar-refractivity contribution in [3.63, 3.8) is 0 Å². The van der Waals surface area contributed by atoms with E-state index in [1.807, 2.05) is 74.5 Å². The lowest BCUT2D eigenvalue weighted by Gasteiger charge is -2.41. The number of rotatable bonds is 5. The van der Waals surface area contributed by atoms with Gasteiger partial charge in [-0.25, -0.2) is 13.4 Å². The SMILES string of the molecule is Cc1cccc(C)c1NC(=O)c1cc2c([nH]c3ccccc32)c(C2CN(c3ccccc3S(C)(=O)=O)C2)n1. The Bertz CT molecular complexity index is 1820. The molecule has 1 amide bonds. The number of pyridine rings is 1. The highest BCUT2D eigenvalue weighted by atomic mass is 32.2. The number of anilines is 2. The highest BCUT2D eigenvalue weighted by Crippen LogP contribution is 2.38. The summed E-state index contributed by atoms with van der Waals surface area (Å²) in [5, 5.41) is 5.06. The summed E-state index contributed by atoms with van der Waals surface area (Å²) in [5.74, 6) is -0.222. The van der Waals surface area contributed by atoms with Crippen LogP contribution in [0.3, 0.4) is 0 Å². The fourth-order valence-electron chi connectivity index (χ4n) is 5.35. The summed E-state index contributed by atoms with van der Waals surface area (Å²) in [7, 11) is -3.36. The maximum Gasteiger partial charge on any atom is 0.274 e. The van der Waals surface area contributed by atoms with E-state index < -0.39 is 9.84 Å². The van der Waals surface area contributed by atoms with Gasteiger partial charge in [0.25, 0.3) is 5.91 Å². The third-order valence-corrected chi connectivity index (χ3v) is 8.49. The van der Waals surface area contributed by atoms with E-state index in [4.69, 9.17) is 4.98 Å². The van der Waals surface area contributed by atoms with Gasteiger partial charge in [-0.1, -0.05) is 48.5 Å². The van der Waals surface area contributed by atoms with Gasteiger partial charge in [-0.3, -0.25) is 4.79 Å². The molecular weight excluding hydrogens is 496 g/mol. The number of hydrogen-bond acceptors (Lipinski definition) is 5. The van der Waals surface area contributed by atoms with Crippen molar-refractivity contribution in [3.8, 4) is 0 Å². The van der Waals surface area contributed by atoms with Crippen molar-refractivity contribution in [2.75, 3.05) is 29.6 Å². The molecule has 3 aromatic carbocycles. The van der Waals surface area contributed by atoms with Gasteiger partial charge in [-0.05, 0) is 49.2 Å². The number of sulfone groups is 1. The zero-order chi connectivity index (χ0) is 26.6. The largest absolute Gasteiger partial charge is 0.369 e. The number of aromatic nitrogens is 2. The summed E-state index contributed by atoms with van der Waals surface area (Å²) in [6.45, 7) is 5.15. The molecule has 0 atom stereocenters. The Morgan fingerprint density at radius 2 is 1.63 bits per heavy atom. The van der Waals surface area contributed by atoms with Crippen LogP contribution in [0.1, 0.15) is 33.2 Å². The molecule has 1 saturated heterocycles. The maximum atomic E-state index is 13.5. The van der Waals surface area contributed by atoms with Crippen LogP contribution < -0.4 is 10.2 Å². The number of para-hydroxylation sites is 3. The Labute approximate surface area is 221 Å². The number of fused-ring (bicyclic) bond motifs is 3. The summed E-state index contributed by atoms with van der Waals surface area (Å²) in [4.78, 5) is 24.3. The lowest BCUT2D eigenvalue weighted by Crippen LogP contribution is -2.46. The van der Waals surface area contributed by atoms with Crippen molar-refractivity contribution in [3.05, 3.63) is 95.3 Å². The molecule has 192 valence electrons. The number of carbonyl (C=O) groups excluding carboxylic acids is 1. The number of nitrogens with one attached hydrogen (secondary N) is 2. The Balaban J connectivity index is 1.40. The second-order valence-corrected chi connectivity index (χ2v) is 12.0. The Kier molecular flexibility index (Phi) is 5.72. The number of hydrogen-bond donors (Lipinski definition) is 2. The molecule has 0 unspecified atom stereocenters. The first-order valence-electron chi connectivity index (χ1n) is 12.5. The molecule has 5 aromatic rings. The van der Waals surface area contributed by atoms with E-state index in [9.17, 15) is 13.2 Å². The summed E-state index contributed by atoms with van der Waals surface area (Å²) < 4.78 is 24.7. The van der Waals surface area contributed by atoms with Crippen LogP contribution in [0.5, 0.6) is 0 Å². The van der Waals surface area contributed by atoms with E-state index in [0.717, 1.165) is 44.3 Å². The molecule has 38 heavy (non-hydrogen) atoms. The van der Waals surface area contributed by atoms with Gasteiger partial charge in [0, 0.05) is 47.2 Å². The first kappa shape index (κ1) is 24.2. The zero-order valence-electron chi connectivity index (χ0n) is 21.4. The Morgan fingerprint density at radius 3 is 2.37 bits per heavy atom. The predicted octanol–water partition coefficient (Wildman–Crippen LogP) is 5.59. The summed E-state index contributed by atoms with van der Waals surface area (Å²) in [6, 6.07) is 22.9. The van der Waals surface area contributed by atoms with Gasteiger partial charge < -0.3 is 15.2 Å². The van der Waals surface area contributed by atoms with E-state index in [2.05, 4.69) is 15.2 Å². The summed E-state index contributed by atoms with van der Waals surface area (Å²) in [6.07, 6.45) is 1.23. The van der Waals surface area contributed by atoms with Crippen LogP contribution in [0.15, 0.2) is 77.7 Å². The summed E-state index contributed by atoms with van der Waals surface area (Å²) in [5.41, 5.74) is 6.55. The molecule has 0 aliphatic carbocycles.